The molecule has 1 heterocycles. The first-order valence-corrected chi connectivity index (χ1v) is 4.45. The van der Waals surface area contributed by atoms with Gasteiger partial charge in [0.1, 0.15) is 0 Å². The molecule has 0 aromatic carbocycles. The molecule has 1 fully saturated rings. The molecule has 1 aliphatic heterocycles. The molecular formula is C9H19NO. The summed E-state index contributed by atoms with van der Waals surface area (Å²) in [6, 6.07) is 0.655. The topological polar surface area (TPSA) is 21.3 Å². The van der Waals surface area contributed by atoms with Gasteiger partial charge in [0.15, 0.2) is 0 Å². The summed E-state index contributed by atoms with van der Waals surface area (Å²) in [4.78, 5) is 0. The summed E-state index contributed by atoms with van der Waals surface area (Å²) in [7, 11) is 1.79. The maximum absolute atomic E-state index is 5.22. The molecule has 2 nitrogen and oxygen atoms in total. The fraction of sp³-hybridized carbons (Fsp3) is 1.00. The van der Waals surface area contributed by atoms with E-state index in [2.05, 4.69) is 19.2 Å². The Labute approximate surface area is 69.3 Å². The van der Waals surface area contributed by atoms with Gasteiger partial charge in [-0.15, -0.1) is 0 Å². The summed E-state index contributed by atoms with van der Waals surface area (Å²) in [5.74, 6) is 0. The number of ether oxygens (including phenoxy) is 1. The SMILES string of the molecule is CCC1NCCC1(C)COC. The zero-order valence-electron chi connectivity index (χ0n) is 7.81. The summed E-state index contributed by atoms with van der Waals surface area (Å²) in [6.45, 7) is 6.58. The van der Waals surface area contributed by atoms with Crippen LogP contribution in [0.2, 0.25) is 0 Å². The van der Waals surface area contributed by atoms with Crippen LogP contribution in [0.4, 0.5) is 0 Å². The quantitative estimate of drug-likeness (QED) is 0.669. The zero-order chi connectivity index (χ0) is 8.32. The van der Waals surface area contributed by atoms with Crippen molar-refractivity contribution in [2.24, 2.45) is 5.41 Å². The molecule has 1 rings (SSSR count). The monoisotopic (exact) mass is 157 g/mol. The van der Waals surface area contributed by atoms with E-state index in [-0.39, 0.29) is 0 Å². The van der Waals surface area contributed by atoms with Crippen molar-refractivity contribution in [1.82, 2.24) is 5.32 Å². The van der Waals surface area contributed by atoms with Crippen molar-refractivity contribution in [2.75, 3.05) is 20.3 Å². The number of hydrogen-bond donors (Lipinski definition) is 1. The van der Waals surface area contributed by atoms with Crippen molar-refractivity contribution in [3.05, 3.63) is 0 Å². The second kappa shape index (κ2) is 3.55. The van der Waals surface area contributed by atoms with E-state index < -0.39 is 0 Å². The normalized spacial score (nSPS) is 37.9. The molecular weight excluding hydrogens is 138 g/mol. The van der Waals surface area contributed by atoms with Gasteiger partial charge in [-0.1, -0.05) is 13.8 Å². The van der Waals surface area contributed by atoms with E-state index in [4.69, 9.17) is 4.74 Å². The summed E-state index contributed by atoms with van der Waals surface area (Å²) < 4.78 is 5.22. The van der Waals surface area contributed by atoms with Crippen molar-refractivity contribution in [1.29, 1.82) is 0 Å². The molecule has 11 heavy (non-hydrogen) atoms. The first-order valence-electron chi connectivity index (χ1n) is 4.45. The molecule has 1 saturated heterocycles. The molecule has 0 saturated carbocycles. The van der Waals surface area contributed by atoms with Gasteiger partial charge < -0.3 is 10.1 Å². The summed E-state index contributed by atoms with van der Waals surface area (Å²) >= 11 is 0. The Hall–Kier alpha value is -0.0800. The van der Waals surface area contributed by atoms with Crippen LogP contribution in [0, 0.1) is 5.41 Å². The average molecular weight is 157 g/mol. The van der Waals surface area contributed by atoms with Crippen LogP contribution in [-0.4, -0.2) is 26.3 Å². The molecule has 0 aromatic rings. The van der Waals surface area contributed by atoms with E-state index in [9.17, 15) is 0 Å². The van der Waals surface area contributed by atoms with E-state index in [1.807, 2.05) is 0 Å². The highest BCUT2D eigenvalue weighted by Crippen LogP contribution is 2.32. The maximum atomic E-state index is 5.22. The Bertz CT molecular complexity index is 127. The van der Waals surface area contributed by atoms with Crippen LogP contribution in [0.25, 0.3) is 0 Å². The molecule has 0 radical (unpaired) electrons. The van der Waals surface area contributed by atoms with Crippen LogP contribution in [0.3, 0.4) is 0 Å². The van der Waals surface area contributed by atoms with Crippen molar-refractivity contribution >= 4 is 0 Å². The number of methoxy groups -OCH3 is 1. The van der Waals surface area contributed by atoms with Gasteiger partial charge >= 0.3 is 0 Å². The average Bonchev–Trinajstić information content (AvgIpc) is 2.31. The first kappa shape index (κ1) is 9.01. The van der Waals surface area contributed by atoms with E-state index in [0.29, 0.717) is 11.5 Å². The first-order chi connectivity index (χ1) is 5.23. The van der Waals surface area contributed by atoms with E-state index in [0.717, 1.165) is 13.2 Å². The summed E-state index contributed by atoms with van der Waals surface area (Å²) in [5.41, 5.74) is 0.378. The minimum Gasteiger partial charge on any atom is -0.384 e. The van der Waals surface area contributed by atoms with E-state index in [1.54, 1.807) is 7.11 Å². The molecule has 66 valence electrons. The fourth-order valence-electron chi connectivity index (χ4n) is 2.09. The molecule has 1 N–H and O–H groups in total. The lowest BCUT2D eigenvalue weighted by molar-refractivity contribution is 0.0812. The zero-order valence-corrected chi connectivity index (χ0v) is 7.81. The van der Waals surface area contributed by atoms with Crippen LogP contribution in [0.5, 0.6) is 0 Å². The van der Waals surface area contributed by atoms with Gasteiger partial charge in [-0.2, -0.15) is 0 Å². The number of rotatable bonds is 3. The van der Waals surface area contributed by atoms with Gasteiger partial charge in [0.05, 0.1) is 6.61 Å². The maximum Gasteiger partial charge on any atom is 0.0531 e. The standard InChI is InChI=1S/C9H19NO/c1-4-8-9(2,7-11-3)5-6-10-8/h8,10H,4-7H2,1-3H3. The molecule has 0 spiro atoms. The van der Waals surface area contributed by atoms with Gasteiger partial charge in [-0.05, 0) is 19.4 Å². The highest BCUT2D eigenvalue weighted by Gasteiger charge is 2.37. The third-order valence-electron chi connectivity index (χ3n) is 2.81. The second-order valence-corrected chi connectivity index (χ2v) is 3.75. The summed E-state index contributed by atoms with van der Waals surface area (Å²) in [5, 5.41) is 3.50. The molecule has 2 atom stereocenters. The Kier molecular flexibility index (Phi) is 2.90. The minimum absolute atomic E-state index is 0.378. The van der Waals surface area contributed by atoms with Crippen LogP contribution < -0.4 is 5.32 Å². The Morgan fingerprint density at radius 2 is 2.36 bits per heavy atom. The lowest BCUT2D eigenvalue weighted by atomic mass is 9.82. The number of hydrogen-bond acceptors (Lipinski definition) is 2. The fourth-order valence-corrected chi connectivity index (χ4v) is 2.09. The van der Waals surface area contributed by atoms with Crippen LogP contribution in [0.15, 0.2) is 0 Å². The summed E-state index contributed by atoms with van der Waals surface area (Å²) in [6.07, 6.45) is 2.46. The Morgan fingerprint density at radius 3 is 2.91 bits per heavy atom. The van der Waals surface area contributed by atoms with Gasteiger partial charge in [0, 0.05) is 18.6 Å². The van der Waals surface area contributed by atoms with Crippen LogP contribution in [0.1, 0.15) is 26.7 Å². The molecule has 0 aliphatic carbocycles. The highest BCUT2D eigenvalue weighted by atomic mass is 16.5. The molecule has 0 aromatic heterocycles. The predicted octanol–water partition coefficient (Wildman–Crippen LogP) is 1.41. The minimum atomic E-state index is 0.378. The molecule has 0 amide bonds. The third-order valence-corrected chi connectivity index (χ3v) is 2.81. The van der Waals surface area contributed by atoms with Crippen molar-refractivity contribution in [2.45, 2.75) is 32.7 Å². The molecule has 2 heteroatoms. The molecule has 1 aliphatic rings. The van der Waals surface area contributed by atoms with Crippen molar-refractivity contribution in [3.63, 3.8) is 0 Å². The molecule has 2 unspecified atom stereocenters. The number of nitrogens with one attached hydrogen (secondary N) is 1. The van der Waals surface area contributed by atoms with Crippen molar-refractivity contribution in [3.8, 4) is 0 Å². The van der Waals surface area contributed by atoms with Gasteiger partial charge in [-0.3, -0.25) is 0 Å². The molecule has 0 bridgehead atoms. The van der Waals surface area contributed by atoms with Gasteiger partial charge in [-0.25, -0.2) is 0 Å². The van der Waals surface area contributed by atoms with E-state index in [1.165, 1.54) is 12.8 Å². The third kappa shape index (κ3) is 1.74. The van der Waals surface area contributed by atoms with Crippen LogP contribution >= 0.6 is 0 Å². The van der Waals surface area contributed by atoms with Crippen molar-refractivity contribution < 1.29 is 4.74 Å². The highest BCUT2D eigenvalue weighted by molar-refractivity contribution is 4.92. The Balaban J connectivity index is 2.51. The Morgan fingerprint density at radius 1 is 1.64 bits per heavy atom. The predicted molar refractivity (Wildman–Crippen MR) is 46.7 cm³/mol. The van der Waals surface area contributed by atoms with Gasteiger partial charge in [0.25, 0.3) is 0 Å². The van der Waals surface area contributed by atoms with Gasteiger partial charge in [0.2, 0.25) is 0 Å². The largest absolute Gasteiger partial charge is 0.384 e. The van der Waals surface area contributed by atoms with E-state index >= 15 is 0 Å². The van der Waals surface area contributed by atoms with Crippen LogP contribution in [-0.2, 0) is 4.74 Å². The lowest BCUT2D eigenvalue weighted by Gasteiger charge is -2.29. The smallest absolute Gasteiger partial charge is 0.0531 e. The second-order valence-electron chi connectivity index (χ2n) is 3.75. The lowest BCUT2D eigenvalue weighted by Crippen LogP contribution is -2.37.